The largest absolute Gasteiger partial charge is 0.464 e. The molecule has 8 heteroatoms. The number of anilines is 1. The predicted octanol–water partition coefficient (Wildman–Crippen LogP) is 2.84. The fourth-order valence-corrected chi connectivity index (χ4v) is 2.09. The molecule has 2 rings (SSSR count). The number of hydrogen-bond acceptors (Lipinski definition) is 7. The molecule has 2 N–H and O–H groups in total. The molecule has 0 aliphatic heterocycles. The van der Waals surface area contributed by atoms with E-state index >= 15 is 0 Å². The lowest BCUT2D eigenvalue weighted by Crippen LogP contribution is -2.20. The van der Waals surface area contributed by atoms with Gasteiger partial charge in [0.1, 0.15) is 17.1 Å². The summed E-state index contributed by atoms with van der Waals surface area (Å²) >= 11 is 0. The second-order valence-electron chi connectivity index (χ2n) is 5.34. The van der Waals surface area contributed by atoms with Crippen LogP contribution in [0.4, 0.5) is 10.1 Å². The minimum Gasteiger partial charge on any atom is -0.464 e. The van der Waals surface area contributed by atoms with Crippen LogP contribution in [0.2, 0.25) is 0 Å². The molecule has 0 saturated heterocycles. The van der Waals surface area contributed by atoms with Crippen molar-refractivity contribution >= 4 is 23.2 Å². The van der Waals surface area contributed by atoms with Gasteiger partial charge in [0.2, 0.25) is 0 Å². The maximum absolute atomic E-state index is 13.0. The third kappa shape index (κ3) is 5.94. The number of hydrogen-bond donors (Lipinski definition) is 2. The van der Waals surface area contributed by atoms with E-state index in [1.807, 2.05) is 0 Å². The maximum atomic E-state index is 13.0. The van der Waals surface area contributed by atoms with Crippen LogP contribution >= 0.6 is 0 Å². The van der Waals surface area contributed by atoms with Crippen LogP contribution in [0.25, 0.3) is 5.57 Å². The zero-order chi connectivity index (χ0) is 20.4. The Balaban J connectivity index is 2.27. The Morgan fingerprint density at radius 3 is 2.46 bits per heavy atom. The van der Waals surface area contributed by atoms with Crippen molar-refractivity contribution in [1.29, 1.82) is 0 Å². The lowest BCUT2D eigenvalue weighted by molar-refractivity contribution is -0.137. The molecule has 0 spiro atoms. The molecular weight excluding hydrogens is 365 g/mol. The first-order chi connectivity index (χ1) is 13.5. The second kappa shape index (κ2) is 10.5. The van der Waals surface area contributed by atoms with E-state index in [0.29, 0.717) is 11.4 Å². The van der Waals surface area contributed by atoms with Crippen molar-refractivity contribution < 1.29 is 23.5 Å². The van der Waals surface area contributed by atoms with E-state index in [1.165, 1.54) is 50.0 Å². The highest BCUT2D eigenvalue weighted by atomic mass is 19.1. The highest BCUT2D eigenvalue weighted by Gasteiger charge is 2.16. The molecule has 1 aromatic heterocycles. The first kappa shape index (κ1) is 20.6. The van der Waals surface area contributed by atoms with Gasteiger partial charge >= 0.3 is 11.9 Å². The van der Waals surface area contributed by atoms with Gasteiger partial charge in [0.05, 0.1) is 19.4 Å². The molecule has 0 amide bonds. The van der Waals surface area contributed by atoms with Crippen LogP contribution in [-0.2, 0) is 19.1 Å². The topological polar surface area (TPSA) is 89.6 Å². The van der Waals surface area contributed by atoms with E-state index in [2.05, 4.69) is 15.6 Å². The third-order valence-corrected chi connectivity index (χ3v) is 3.44. The summed E-state index contributed by atoms with van der Waals surface area (Å²) < 4.78 is 22.8. The molecule has 0 aliphatic rings. The van der Waals surface area contributed by atoms with Gasteiger partial charge in [0, 0.05) is 24.3 Å². The fraction of sp³-hybridized carbons (Fsp3) is 0.150. The third-order valence-electron chi connectivity index (χ3n) is 3.44. The molecule has 2 aromatic rings. The van der Waals surface area contributed by atoms with E-state index in [0.717, 1.165) is 0 Å². The van der Waals surface area contributed by atoms with E-state index in [4.69, 9.17) is 9.47 Å². The smallest absolute Gasteiger partial charge is 0.355 e. The highest BCUT2D eigenvalue weighted by molar-refractivity contribution is 6.15. The number of methoxy groups -OCH3 is 1. The minimum absolute atomic E-state index is 0.0181. The van der Waals surface area contributed by atoms with Gasteiger partial charge in [-0.2, -0.15) is 0 Å². The van der Waals surface area contributed by atoms with Crippen LogP contribution in [0.1, 0.15) is 12.6 Å². The minimum atomic E-state index is -0.671. The van der Waals surface area contributed by atoms with Crippen molar-refractivity contribution in [3.8, 4) is 0 Å². The van der Waals surface area contributed by atoms with Gasteiger partial charge < -0.3 is 20.1 Å². The zero-order valence-electron chi connectivity index (χ0n) is 15.4. The van der Waals surface area contributed by atoms with Gasteiger partial charge in [-0.1, -0.05) is 6.07 Å². The number of nitrogens with zero attached hydrogens (tertiary/aromatic N) is 1. The Labute approximate surface area is 161 Å². The monoisotopic (exact) mass is 385 g/mol. The second-order valence-corrected chi connectivity index (χ2v) is 5.34. The van der Waals surface area contributed by atoms with Crippen LogP contribution in [0.5, 0.6) is 0 Å². The quantitative estimate of drug-likeness (QED) is 0.533. The molecule has 0 bridgehead atoms. The van der Waals surface area contributed by atoms with Crippen molar-refractivity contribution in [2.75, 3.05) is 19.0 Å². The molecule has 0 saturated carbocycles. The van der Waals surface area contributed by atoms with Gasteiger partial charge in [0.15, 0.2) is 0 Å². The predicted molar refractivity (Wildman–Crippen MR) is 102 cm³/mol. The van der Waals surface area contributed by atoms with Crippen molar-refractivity contribution in [3.05, 3.63) is 78.3 Å². The van der Waals surface area contributed by atoms with E-state index in [1.54, 1.807) is 25.1 Å². The number of benzene rings is 1. The molecule has 1 aromatic carbocycles. The SMILES string of the molecule is CCOC(=O)/C(=C/N/C(=C/Nc1ccc(F)cc1)C(=O)OC)c1ccccn1. The van der Waals surface area contributed by atoms with Gasteiger partial charge in [-0.25, -0.2) is 14.0 Å². The number of carbonyl (C=O) groups excluding carboxylic acids is 2. The number of pyridine rings is 1. The summed E-state index contributed by atoms with van der Waals surface area (Å²) in [5, 5.41) is 5.59. The van der Waals surface area contributed by atoms with Crippen molar-refractivity contribution in [3.63, 3.8) is 0 Å². The standard InChI is InChI=1S/C20H20FN3O4/c1-3-28-19(25)16(17-6-4-5-11-22-17)12-24-18(20(26)27-2)13-23-15-9-7-14(21)8-10-15/h4-13,23-24H,3H2,1-2H3/b16-12+,18-13+. The van der Waals surface area contributed by atoms with Crippen molar-refractivity contribution in [1.82, 2.24) is 10.3 Å². The van der Waals surface area contributed by atoms with Gasteiger partial charge in [-0.3, -0.25) is 4.98 Å². The molecule has 1 heterocycles. The van der Waals surface area contributed by atoms with Gasteiger partial charge in [0.25, 0.3) is 0 Å². The molecule has 146 valence electrons. The summed E-state index contributed by atoms with van der Waals surface area (Å²) in [6, 6.07) is 10.7. The zero-order valence-corrected chi connectivity index (χ0v) is 15.4. The van der Waals surface area contributed by atoms with Crippen LogP contribution in [-0.4, -0.2) is 30.6 Å². The number of nitrogens with one attached hydrogen (secondary N) is 2. The maximum Gasteiger partial charge on any atom is 0.355 e. The average molecular weight is 385 g/mol. The summed E-state index contributed by atoms with van der Waals surface area (Å²) in [5.74, 6) is -1.64. The normalized spacial score (nSPS) is 11.5. The lowest BCUT2D eigenvalue weighted by atomic mass is 10.2. The Bertz CT molecular complexity index is 865. The summed E-state index contributed by atoms with van der Waals surface area (Å²) in [4.78, 5) is 28.4. The highest BCUT2D eigenvalue weighted by Crippen LogP contribution is 2.13. The fourth-order valence-electron chi connectivity index (χ4n) is 2.09. The Kier molecular flexibility index (Phi) is 7.71. The average Bonchev–Trinajstić information content (AvgIpc) is 2.72. The Morgan fingerprint density at radius 1 is 1.11 bits per heavy atom. The lowest BCUT2D eigenvalue weighted by Gasteiger charge is -2.10. The summed E-state index contributed by atoms with van der Waals surface area (Å²) in [6.45, 7) is 1.88. The first-order valence-electron chi connectivity index (χ1n) is 8.41. The number of esters is 2. The summed E-state index contributed by atoms with van der Waals surface area (Å²) in [7, 11) is 1.23. The van der Waals surface area contributed by atoms with Crippen LogP contribution < -0.4 is 10.6 Å². The van der Waals surface area contributed by atoms with Crippen LogP contribution in [0.15, 0.2) is 66.8 Å². The van der Waals surface area contributed by atoms with E-state index in [-0.39, 0.29) is 23.7 Å². The van der Waals surface area contributed by atoms with Gasteiger partial charge in [-0.15, -0.1) is 0 Å². The summed E-state index contributed by atoms with van der Waals surface area (Å²) in [6.07, 6.45) is 4.20. The van der Waals surface area contributed by atoms with Crippen molar-refractivity contribution in [2.24, 2.45) is 0 Å². The molecule has 0 atom stereocenters. The van der Waals surface area contributed by atoms with Crippen LogP contribution in [0.3, 0.4) is 0 Å². The molecule has 0 fully saturated rings. The molecule has 0 radical (unpaired) electrons. The molecule has 0 unspecified atom stereocenters. The number of rotatable bonds is 8. The first-order valence-corrected chi connectivity index (χ1v) is 8.41. The molecule has 0 aliphatic carbocycles. The number of carbonyl (C=O) groups is 2. The van der Waals surface area contributed by atoms with E-state index < -0.39 is 11.9 Å². The van der Waals surface area contributed by atoms with Gasteiger partial charge in [-0.05, 0) is 43.3 Å². The number of halogens is 1. The van der Waals surface area contributed by atoms with E-state index in [9.17, 15) is 14.0 Å². The molecular formula is C20H20FN3O4. The van der Waals surface area contributed by atoms with Crippen LogP contribution in [0, 0.1) is 5.82 Å². The van der Waals surface area contributed by atoms with Crippen molar-refractivity contribution in [2.45, 2.75) is 6.92 Å². The molecule has 7 nitrogen and oxygen atoms in total. The number of aromatic nitrogens is 1. The number of ether oxygens (including phenoxy) is 2. The Morgan fingerprint density at radius 2 is 1.86 bits per heavy atom. The summed E-state index contributed by atoms with van der Waals surface area (Å²) in [5.41, 5.74) is 1.09. The Hall–Kier alpha value is -3.68. The molecule has 28 heavy (non-hydrogen) atoms.